The van der Waals surface area contributed by atoms with E-state index >= 15 is 0 Å². The molecule has 0 aromatic carbocycles. The van der Waals surface area contributed by atoms with Gasteiger partial charge in [0.05, 0.1) is 0 Å². The van der Waals surface area contributed by atoms with Crippen LogP contribution < -0.4 is 48.0 Å². The molecule has 32 heavy (non-hydrogen) atoms. The summed E-state index contributed by atoms with van der Waals surface area (Å²) in [6.45, 7) is 0. The van der Waals surface area contributed by atoms with Gasteiger partial charge in [-0.1, -0.05) is 77.0 Å². The maximum Gasteiger partial charge on any atom is 2.00 e. The Balaban J connectivity index is 0.00000171. The summed E-state index contributed by atoms with van der Waals surface area (Å²) in [6.07, 6.45) is 36.6. The Morgan fingerprint density at radius 2 is 0.594 bits per heavy atom. The van der Waals surface area contributed by atoms with Crippen LogP contribution in [0, 0.1) is 0 Å². The van der Waals surface area contributed by atoms with Crippen molar-refractivity contribution >= 4 is 15.8 Å². The van der Waals surface area contributed by atoms with Crippen LogP contribution in [0.2, 0.25) is 0 Å². The van der Waals surface area contributed by atoms with E-state index in [0.29, 0.717) is 15.8 Å². The average Bonchev–Trinajstić information content (AvgIpc) is 2.81. The van der Waals surface area contributed by atoms with Gasteiger partial charge in [-0.15, -0.1) is 15.8 Å². The number of rotatable bonds is 8. The Bertz CT molecular complexity index is 367. The summed E-state index contributed by atoms with van der Waals surface area (Å²) in [4.78, 5) is 0. The molecule has 0 unspecified atom stereocenters. The molecule has 0 spiro atoms. The zero-order valence-corrected chi connectivity index (χ0v) is 27.6. The first-order valence-corrected chi connectivity index (χ1v) is 17.3. The molecule has 0 atom stereocenters. The summed E-state index contributed by atoms with van der Waals surface area (Å²) < 4.78 is 0. The normalized spacial score (nSPS) is 24.6. The molecule has 0 aromatic rings. The van der Waals surface area contributed by atoms with E-state index in [2.05, 4.69) is 0 Å². The van der Waals surface area contributed by atoms with E-state index in [4.69, 9.17) is 0 Å². The molecule has 4 aliphatic rings. The van der Waals surface area contributed by atoms with Gasteiger partial charge in [-0.05, 0) is 92.7 Å². The van der Waals surface area contributed by atoms with E-state index in [0.717, 1.165) is 0 Å². The third kappa shape index (κ3) is 10.3. The van der Waals surface area contributed by atoms with Crippen LogP contribution in [0.4, 0.5) is 0 Å². The monoisotopic (exact) mass is 748 g/mol. The molecule has 0 aromatic heterocycles. The van der Waals surface area contributed by atoms with E-state index in [1.54, 1.807) is 147 Å². The molecule has 0 N–H and O–H groups in total. The van der Waals surface area contributed by atoms with Gasteiger partial charge >= 0.3 is 16.5 Å². The molecule has 0 bridgehead atoms. The molecule has 0 nitrogen and oxygen atoms in total. The first kappa shape index (κ1) is 32.8. The molecular weight excluding hydrogens is 699 g/mol. The maximum atomic E-state index is 1.68. The van der Waals surface area contributed by atoms with Crippen LogP contribution in [-0.4, -0.2) is 35.0 Å². The van der Waals surface area contributed by atoms with Crippen LogP contribution in [0.5, 0.6) is 0 Å². The molecular formula is C27H50I2NiP2. The van der Waals surface area contributed by atoms with E-state index in [1.165, 1.54) is 22.6 Å². The molecule has 5 heteroatoms. The van der Waals surface area contributed by atoms with Crippen molar-refractivity contribution in [3.63, 3.8) is 0 Å². The standard InChI is InChI=1S/C27H50P2.2HI.Ni/c1-5-14-24(15-6-1)28(25-16-7-2-8-17-25)22-13-23-29(26-18-9-3-10-19-26)27-20-11-4-12-21-27;;;/h24-27H,1-23H2;2*1H;/q;;;+2/p-2. The molecule has 4 saturated carbocycles. The topological polar surface area (TPSA) is 0 Å². The Morgan fingerprint density at radius 3 is 0.812 bits per heavy atom. The molecule has 4 aliphatic carbocycles. The van der Waals surface area contributed by atoms with Gasteiger partial charge in [-0.25, -0.2) is 0 Å². The van der Waals surface area contributed by atoms with Crippen molar-refractivity contribution in [1.29, 1.82) is 0 Å². The minimum Gasteiger partial charge on any atom is -1.00 e. The van der Waals surface area contributed by atoms with Gasteiger partial charge in [-0.3, -0.25) is 0 Å². The fraction of sp³-hybridized carbons (Fsp3) is 1.00. The van der Waals surface area contributed by atoms with Gasteiger partial charge in [0, 0.05) is 0 Å². The van der Waals surface area contributed by atoms with Crippen LogP contribution in [0.3, 0.4) is 0 Å². The van der Waals surface area contributed by atoms with Gasteiger partial charge in [0.25, 0.3) is 0 Å². The Hall–Kier alpha value is 2.81. The molecule has 0 saturated heterocycles. The maximum absolute atomic E-state index is 1.68. The summed E-state index contributed by atoms with van der Waals surface area (Å²) >= 11 is 0. The summed E-state index contributed by atoms with van der Waals surface area (Å²) in [6, 6.07) is 0. The second-order valence-corrected chi connectivity index (χ2v) is 16.9. The predicted octanol–water partition coefficient (Wildman–Crippen LogP) is 3.68. The Kier molecular flexibility index (Phi) is 19.5. The molecule has 4 fully saturated rings. The van der Waals surface area contributed by atoms with Gasteiger partial charge in [0.1, 0.15) is 0 Å². The molecule has 192 valence electrons. The van der Waals surface area contributed by atoms with Crippen LogP contribution in [0.25, 0.3) is 0 Å². The Morgan fingerprint density at radius 1 is 0.375 bits per heavy atom. The first-order chi connectivity index (χ1) is 14.4. The minimum absolute atomic E-state index is 0. The largest absolute Gasteiger partial charge is 2.00 e. The Labute approximate surface area is 248 Å². The number of hydrogen-bond acceptors (Lipinski definition) is 0. The molecule has 0 amide bonds. The second kappa shape index (κ2) is 19.0. The van der Waals surface area contributed by atoms with Gasteiger partial charge in [0.2, 0.25) is 0 Å². The minimum atomic E-state index is 0. The van der Waals surface area contributed by atoms with E-state index < -0.39 is 0 Å². The van der Waals surface area contributed by atoms with Crippen molar-refractivity contribution in [2.45, 2.75) is 157 Å². The first-order valence-electron chi connectivity index (χ1n) is 13.9. The van der Waals surface area contributed by atoms with Crippen molar-refractivity contribution in [2.75, 3.05) is 12.3 Å². The zero-order valence-electron chi connectivity index (χ0n) is 20.5. The van der Waals surface area contributed by atoms with Gasteiger partial charge in [-0.2, -0.15) is 0 Å². The van der Waals surface area contributed by atoms with Gasteiger partial charge in [0.15, 0.2) is 0 Å². The summed E-state index contributed by atoms with van der Waals surface area (Å²) in [7, 11) is 0.696. The van der Waals surface area contributed by atoms with E-state index in [9.17, 15) is 0 Å². The van der Waals surface area contributed by atoms with Crippen molar-refractivity contribution in [3.05, 3.63) is 0 Å². The van der Waals surface area contributed by atoms with Crippen molar-refractivity contribution in [2.24, 2.45) is 0 Å². The molecule has 4 rings (SSSR count). The second-order valence-electron chi connectivity index (χ2n) is 11.0. The third-order valence-electron chi connectivity index (χ3n) is 9.01. The fourth-order valence-corrected chi connectivity index (χ4v) is 15.5. The van der Waals surface area contributed by atoms with Crippen molar-refractivity contribution in [1.82, 2.24) is 0 Å². The van der Waals surface area contributed by atoms with E-state index in [1.807, 2.05) is 0 Å². The third-order valence-corrected chi connectivity index (χ3v) is 16.5. The predicted molar refractivity (Wildman–Crippen MR) is 136 cm³/mol. The molecule has 0 radical (unpaired) electrons. The number of hydrogen-bond donors (Lipinski definition) is 0. The summed E-state index contributed by atoms with van der Waals surface area (Å²) in [5, 5.41) is 0. The van der Waals surface area contributed by atoms with E-state index in [-0.39, 0.29) is 64.4 Å². The molecule has 0 heterocycles. The SMILES string of the molecule is C1CCC(P(CCCP(C2CCCCC2)C2CCCCC2)C2CCCCC2)CC1.[I-].[I-].[Ni+2]. The zero-order chi connectivity index (χ0) is 19.7. The van der Waals surface area contributed by atoms with Crippen LogP contribution in [-0.2, 0) is 16.5 Å². The van der Waals surface area contributed by atoms with Crippen LogP contribution in [0.1, 0.15) is 135 Å². The molecule has 0 aliphatic heterocycles. The number of halogens is 2. The quantitative estimate of drug-likeness (QED) is 0.202. The average molecular weight is 749 g/mol. The van der Waals surface area contributed by atoms with Crippen LogP contribution in [0.15, 0.2) is 0 Å². The van der Waals surface area contributed by atoms with Crippen molar-refractivity contribution in [3.8, 4) is 0 Å². The smallest absolute Gasteiger partial charge is 1.00 e. The van der Waals surface area contributed by atoms with Gasteiger partial charge < -0.3 is 48.0 Å². The summed E-state index contributed by atoms with van der Waals surface area (Å²) in [5.41, 5.74) is 4.71. The fourth-order valence-electron chi connectivity index (χ4n) is 7.41. The van der Waals surface area contributed by atoms with Crippen LogP contribution >= 0.6 is 15.8 Å². The van der Waals surface area contributed by atoms with Crippen molar-refractivity contribution < 1.29 is 64.4 Å². The summed E-state index contributed by atoms with van der Waals surface area (Å²) in [5.74, 6) is 0.